The molecule has 1 aromatic heterocycles. The molecule has 0 bridgehead atoms. The van der Waals surface area contributed by atoms with Crippen molar-refractivity contribution in [3.63, 3.8) is 0 Å². The zero-order chi connectivity index (χ0) is 24.1. The molecule has 2 aromatic rings. The molecule has 34 heavy (non-hydrogen) atoms. The normalized spacial score (nSPS) is 18.1. The van der Waals surface area contributed by atoms with E-state index in [0.29, 0.717) is 55.4 Å². The van der Waals surface area contributed by atoms with E-state index in [1.807, 2.05) is 52.6 Å². The molecule has 2 saturated heterocycles. The van der Waals surface area contributed by atoms with Crippen LogP contribution in [0.2, 0.25) is 5.02 Å². The maximum Gasteiger partial charge on any atom is 0.274 e. The van der Waals surface area contributed by atoms with E-state index < -0.39 is 0 Å². The summed E-state index contributed by atoms with van der Waals surface area (Å²) in [6, 6.07) is 9.22. The van der Waals surface area contributed by atoms with E-state index in [1.54, 1.807) is 6.07 Å². The van der Waals surface area contributed by atoms with Gasteiger partial charge in [0.05, 0.1) is 6.61 Å². The number of hydrogen-bond acceptors (Lipinski definition) is 4. The summed E-state index contributed by atoms with van der Waals surface area (Å²) in [6.45, 7) is 8.01. The topological polar surface area (TPSA) is 67.7 Å². The van der Waals surface area contributed by atoms with E-state index in [-0.39, 0.29) is 17.2 Å². The van der Waals surface area contributed by atoms with Crippen LogP contribution in [0.3, 0.4) is 0 Å². The highest BCUT2D eigenvalue weighted by molar-refractivity contribution is 6.30. The molecule has 8 heteroatoms. The number of halogens is 1. The number of aromatic nitrogens is 2. The molecule has 3 heterocycles. The molecule has 2 amide bonds. The number of amides is 2. The number of likely N-dealkylation sites (tertiary alicyclic amines) is 2. The Morgan fingerprint density at radius 2 is 1.79 bits per heavy atom. The first-order valence-corrected chi connectivity index (χ1v) is 12.8. The van der Waals surface area contributed by atoms with Crippen molar-refractivity contribution >= 4 is 23.4 Å². The van der Waals surface area contributed by atoms with E-state index in [1.165, 1.54) is 6.42 Å². The molecule has 2 fully saturated rings. The Kier molecular flexibility index (Phi) is 7.81. The van der Waals surface area contributed by atoms with Crippen LogP contribution in [0.5, 0.6) is 5.75 Å². The molecule has 2 aliphatic heterocycles. The highest BCUT2D eigenvalue weighted by atomic mass is 35.5. The zero-order valence-corrected chi connectivity index (χ0v) is 21.0. The smallest absolute Gasteiger partial charge is 0.274 e. The maximum absolute atomic E-state index is 13.2. The van der Waals surface area contributed by atoms with E-state index in [2.05, 4.69) is 5.10 Å². The molecular weight excluding hydrogens is 452 g/mol. The van der Waals surface area contributed by atoms with Gasteiger partial charge in [0, 0.05) is 55.3 Å². The number of piperidine rings is 2. The molecule has 4 rings (SSSR count). The molecule has 0 radical (unpaired) electrons. The van der Waals surface area contributed by atoms with Gasteiger partial charge in [-0.15, -0.1) is 0 Å². The van der Waals surface area contributed by atoms with Crippen LogP contribution in [0, 0.1) is 12.3 Å². The van der Waals surface area contributed by atoms with Gasteiger partial charge in [-0.3, -0.25) is 14.3 Å². The molecule has 7 nitrogen and oxygen atoms in total. The summed E-state index contributed by atoms with van der Waals surface area (Å²) in [4.78, 5) is 30.2. The molecule has 0 N–H and O–H groups in total. The minimum Gasteiger partial charge on any atom is -0.493 e. The van der Waals surface area contributed by atoms with Crippen molar-refractivity contribution in [3.05, 3.63) is 46.7 Å². The van der Waals surface area contributed by atoms with Crippen LogP contribution in [0.1, 0.15) is 61.6 Å². The first-order valence-electron chi connectivity index (χ1n) is 12.4. The predicted molar refractivity (Wildman–Crippen MR) is 132 cm³/mol. The van der Waals surface area contributed by atoms with Gasteiger partial charge in [0.2, 0.25) is 5.91 Å². The molecule has 184 valence electrons. The summed E-state index contributed by atoms with van der Waals surface area (Å²) < 4.78 is 8.00. The molecule has 0 aliphatic carbocycles. The molecule has 0 saturated carbocycles. The van der Waals surface area contributed by atoms with Crippen molar-refractivity contribution in [1.82, 2.24) is 19.6 Å². The number of nitrogens with zero attached hydrogens (tertiary/aromatic N) is 4. The van der Waals surface area contributed by atoms with Crippen molar-refractivity contribution < 1.29 is 14.3 Å². The van der Waals surface area contributed by atoms with Crippen molar-refractivity contribution in [2.24, 2.45) is 5.41 Å². The Balaban J connectivity index is 1.45. The lowest BCUT2D eigenvalue weighted by Gasteiger charge is -2.42. The number of hydrogen-bond donors (Lipinski definition) is 0. The van der Waals surface area contributed by atoms with Crippen LogP contribution in [-0.4, -0.2) is 64.2 Å². The Morgan fingerprint density at radius 1 is 1.06 bits per heavy atom. The lowest BCUT2D eigenvalue weighted by molar-refractivity contribution is -0.136. The second-order valence-electron chi connectivity index (χ2n) is 9.64. The zero-order valence-electron chi connectivity index (χ0n) is 20.3. The summed E-state index contributed by atoms with van der Waals surface area (Å²) >= 11 is 6.13. The quantitative estimate of drug-likeness (QED) is 0.575. The van der Waals surface area contributed by atoms with Crippen LogP contribution in [0.25, 0.3) is 0 Å². The van der Waals surface area contributed by atoms with Crippen molar-refractivity contribution in [1.29, 1.82) is 0 Å². The Bertz CT molecular complexity index is 1010. The fourth-order valence-electron chi connectivity index (χ4n) is 5.02. The van der Waals surface area contributed by atoms with Gasteiger partial charge in [-0.05, 0) is 70.2 Å². The SMILES string of the molecule is CCn1nc(C(=O)N2CCC(COc3cccc(Cl)c3)(CC(=O)N3CCCCC3)CC2)cc1C. The third kappa shape index (κ3) is 5.74. The van der Waals surface area contributed by atoms with E-state index in [0.717, 1.165) is 38.2 Å². The minimum atomic E-state index is -0.313. The number of aryl methyl sites for hydroxylation is 2. The van der Waals surface area contributed by atoms with Crippen molar-refractivity contribution in [2.45, 2.75) is 58.9 Å². The number of ether oxygens (including phenoxy) is 1. The number of rotatable bonds is 7. The highest BCUT2D eigenvalue weighted by Gasteiger charge is 2.40. The van der Waals surface area contributed by atoms with Crippen LogP contribution < -0.4 is 4.74 Å². The first-order chi connectivity index (χ1) is 16.4. The van der Waals surface area contributed by atoms with Gasteiger partial charge in [-0.25, -0.2) is 0 Å². The third-order valence-electron chi connectivity index (χ3n) is 7.19. The van der Waals surface area contributed by atoms with Crippen LogP contribution in [-0.2, 0) is 11.3 Å². The molecular formula is C26H35ClN4O3. The van der Waals surface area contributed by atoms with E-state index >= 15 is 0 Å². The van der Waals surface area contributed by atoms with E-state index in [9.17, 15) is 9.59 Å². The summed E-state index contributed by atoms with van der Waals surface area (Å²) in [5.74, 6) is 0.866. The lowest BCUT2D eigenvalue weighted by Crippen LogP contribution is -2.48. The van der Waals surface area contributed by atoms with Gasteiger partial charge in [-0.2, -0.15) is 5.10 Å². The highest BCUT2D eigenvalue weighted by Crippen LogP contribution is 2.37. The molecule has 2 aliphatic rings. The predicted octanol–water partition coefficient (Wildman–Crippen LogP) is 4.57. The van der Waals surface area contributed by atoms with Crippen molar-refractivity contribution in [2.75, 3.05) is 32.8 Å². The number of benzene rings is 1. The average molecular weight is 487 g/mol. The summed E-state index contributed by atoms with van der Waals surface area (Å²) in [7, 11) is 0. The molecule has 0 atom stereocenters. The fourth-order valence-corrected chi connectivity index (χ4v) is 5.20. The van der Waals surface area contributed by atoms with E-state index in [4.69, 9.17) is 16.3 Å². The Morgan fingerprint density at radius 3 is 2.44 bits per heavy atom. The lowest BCUT2D eigenvalue weighted by atomic mass is 9.75. The summed E-state index contributed by atoms with van der Waals surface area (Å²) in [6.07, 6.45) is 5.21. The molecule has 0 unspecified atom stereocenters. The summed E-state index contributed by atoms with van der Waals surface area (Å²) in [5.41, 5.74) is 1.16. The Labute approximate surface area is 207 Å². The van der Waals surface area contributed by atoms with Crippen LogP contribution in [0.4, 0.5) is 0 Å². The maximum atomic E-state index is 13.2. The standard InChI is InChI=1S/C26H35ClN4O3/c1-3-31-20(2)16-23(28-31)25(33)30-14-10-26(11-15-30,18-24(32)29-12-5-4-6-13-29)19-34-22-9-7-8-21(27)17-22/h7-9,16-17H,3-6,10-15,18-19H2,1-2H3. The average Bonchev–Trinajstić information content (AvgIpc) is 3.24. The minimum absolute atomic E-state index is 0.0398. The van der Waals surface area contributed by atoms with Crippen LogP contribution >= 0.6 is 11.6 Å². The largest absolute Gasteiger partial charge is 0.493 e. The molecule has 1 aromatic carbocycles. The second-order valence-corrected chi connectivity index (χ2v) is 10.1. The van der Waals surface area contributed by atoms with Crippen molar-refractivity contribution in [3.8, 4) is 5.75 Å². The van der Waals surface area contributed by atoms with Crippen LogP contribution in [0.15, 0.2) is 30.3 Å². The number of carbonyl (C=O) groups is 2. The second kappa shape index (κ2) is 10.8. The third-order valence-corrected chi connectivity index (χ3v) is 7.42. The monoisotopic (exact) mass is 486 g/mol. The van der Waals surface area contributed by atoms with Gasteiger partial charge in [0.25, 0.3) is 5.91 Å². The summed E-state index contributed by atoms with van der Waals surface area (Å²) in [5, 5.41) is 5.08. The van der Waals surface area contributed by atoms with Gasteiger partial charge >= 0.3 is 0 Å². The van der Waals surface area contributed by atoms with Gasteiger partial charge < -0.3 is 14.5 Å². The van der Waals surface area contributed by atoms with Gasteiger partial charge in [0.15, 0.2) is 5.69 Å². The first kappa shape index (κ1) is 24.6. The van der Waals surface area contributed by atoms with Gasteiger partial charge in [-0.1, -0.05) is 17.7 Å². The fraction of sp³-hybridized carbons (Fsp3) is 0.577. The molecule has 0 spiro atoms. The number of carbonyl (C=O) groups excluding carboxylic acids is 2. The van der Waals surface area contributed by atoms with Gasteiger partial charge in [0.1, 0.15) is 5.75 Å². The Hall–Kier alpha value is -2.54.